The van der Waals surface area contributed by atoms with Crippen molar-refractivity contribution in [3.8, 4) is 11.1 Å². The van der Waals surface area contributed by atoms with Gasteiger partial charge in [-0.25, -0.2) is 4.90 Å². The molecule has 152 valence electrons. The van der Waals surface area contributed by atoms with E-state index >= 15 is 0 Å². The zero-order chi connectivity index (χ0) is 21.0. The number of halogens is 1. The van der Waals surface area contributed by atoms with E-state index in [9.17, 15) is 4.79 Å². The fraction of sp³-hybridized carbons (Fsp3) is 0.261. The Morgan fingerprint density at radius 1 is 1.17 bits per heavy atom. The highest BCUT2D eigenvalue weighted by Gasteiger charge is 2.60. The second-order valence-electron chi connectivity index (χ2n) is 7.96. The predicted octanol–water partition coefficient (Wildman–Crippen LogP) is 4.79. The Hall–Kier alpha value is -3.12. The lowest BCUT2D eigenvalue weighted by atomic mass is 9.83. The smallest absolute Gasteiger partial charge is 0.264 e. The number of aromatic nitrogens is 1. The molecule has 5 rings (SSSR count). The van der Waals surface area contributed by atoms with Gasteiger partial charge in [0.1, 0.15) is 16.9 Å². The molecule has 2 fully saturated rings. The maximum atomic E-state index is 13.9. The molecule has 2 aromatic carbocycles. The van der Waals surface area contributed by atoms with Gasteiger partial charge >= 0.3 is 0 Å². The summed E-state index contributed by atoms with van der Waals surface area (Å²) < 4.78 is 5.26. The Bertz CT molecular complexity index is 1160. The van der Waals surface area contributed by atoms with E-state index < -0.39 is 5.54 Å². The SMILES string of the molecule is Cc1noc(C)c1N1C(=N)NC(c2cccc(-c3cccc(Cl)c3)c2)(C2CC2)C1=O. The fourth-order valence-electron chi connectivity index (χ4n) is 4.42. The Balaban J connectivity index is 1.62. The van der Waals surface area contributed by atoms with Crippen LogP contribution in [-0.4, -0.2) is 17.0 Å². The Morgan fingerprint density at radius 3 is 2.50 bits per heavy atom. The number of hydrogen-bond acceptors (Lipinski definition) is 4. The number of guanidine groups is 1. The van der Waals surface area contributed by atoms with Gasteiger partial charge in [-0.05, 0) is 67.5 Å². The lowest BCUT2D eigenvalue weighted by Crippen LogP contribution is -2.46. The summed E-state index contributed by atoms with van der Waals surface area (Å²) in [5.74, 6) is 0.541. The first-order valence-corrected chi connectivity index (χ1v) is 10.3. The molecular weight excluding hydrogens is 400 g/mol. The van der Waals surface area contributed by atoms with Crippen molar-refractivity contribution in [1.82, 2.24) is 10.5 Å². The van der Waals surface area contributed by atoms with Crippen molar-refractivity contribution >= 4 is 29.2 Å². The zero-order valence-electron chi connectivity index (χ0n) is 16.7. The van der Waals surface area contributed by atoms with Crippen LogP contribution in [0.3, 0.4) is 0 Å². The molecule has 0 spiro atoms. The van der Waals surface area contributed by atoms with Crippen LogP contribution in [-0.2, 0) is 10.3 Å². The molecule has 2 N–H and O–H groups in total. The zero-order valence-corrected chi connectivity index (χ0v) is 17.5. The summed E-state index contributed by atoms with van der Waals surface area (Å²) in [7, 11) is 0. The molecule has 30 heavy (non-hydrogen) atoms. The topological polar surface area (TPSA) is 82.2 Å². The van der Waals surface area contributed by atoms with Gasteiger partial charge in [-0.2, -0.15) is 0 Å². The van der Waals surface area contributed by atoms with E-state index in [4.69, 9.17) is 21.5 Å². The maximum Gasteiger partial charge on any atom is 0.264 e. The summed E-state index contributed by atoms with van der Waals surface area (Å²) in [6.45, 7) is 3.54. The number of aryl methyl sites for hydroxylation is 2. The van der Waals surface area contributed by atoms with Crippen molar-refractivity contribution in [2.45, 2.75) is 32.2 Å². The van der Waals surface area contributed by atoms with E-state index in [-0.39, 0.29) is 17.8 Å². The van der Waals surface area contributed by atoms with Gasteiger partial charge in [-0.15, -0.1) is 0 Å². The standard InChI is InChI=1S/C23H21ClN4O2/c1-13-20(14(2)30-27-13)28-21(29)23(17-9-10-17,26-22(28)25)18-7-3-5-15(11-18)16-6-4-8-19(24)12-16/h3-8,11-12,17H,9-10H2,1-2H3,(H2,25,26). The van der Waals surface area contributed by atoms with Crippen molar-refractivity contribution in [3.63, 3.8) is 0 Å². The lowest BCUT2D eigenvalue weighted by Gasteiger charge is -2.28. The first kappa shape index (κ1) is 18.9. The summed E-state index contributed by atoms with van der Waals surface area (Å²) in [5, 5.41) is 16.5. The van der Waals surface area contributed by atoms with Crippen LogP contribution in [0, 0.1) is 25.2 Å². The van der Waals surface area contributed by atoms with Gasteiger partial charge in [-0.3, -0.25) is 10.2 Å². The molecule has 1 aromatic heterocycles. The number of rotatable bonds is 4. The van der Waals surface area contributed by atoms with Crippen molar-refractivity contribution in [2.24, 2.45) is 5.92 Å². The normalized spacial score (nSPS) is 21.2. The molecule has 2 aliphatic rings. The van der Waals surface area contributed by atoms with Crippen molar-refractivity contribution in [2.75, 3.05) is 4.90 Å². The first-order chi connectivity index (χ1) is 14.4. The second kappa shape index (κ2) is 6.71. The highest BCUT2D eigenvalue weighted by Crippen LogP contribution is 2.50. The number of benzene rings is 2. The van der Waals surface area contributed by atoms with E-state index in [0.717, 1.165) is 29.5 Å². The number of amides is 1. The van der Waals surface area contributed by atoms with E-state index in [0.29, 0.717) is 22.2 Å². The summed E-state index contributed by atoms with van der Waals surface area (Å²) >= 11 is 6.18. The maximum absolute atomic E-state index is 13.9. The Kier molecular flexibility index (Phi) is 4.22. The summed E-state index contributed by atoms with van der Waals surface area (Å²) in [6.07, 6.45) is 1.87. The number of carbonyl (C=O) groups excluding carboxylic acids is 1. The number of carbonyl (C=O) groups is 1. The highest BCUT2D eigenvalue weighted by atomic mass is 35.5. The molecule has 3 aromatic rings. The molecule has 0 radical (unpaired) electrons. The van der Waals surface area contributed by atoms with E-state index in [1.807, 2.05) is 48.5 Å². The molecule has 1 saturated heterocycles. The number of anilines is 1. The van der Waals surface area contributed by atoms with Crippen LogP contribution in [0.2, 0.25) is 5.02 Å². The van der Waals surface area contributed by atoms with Crippen LogP contribution in [0.25, 0.3) is 11.1 Å². The molecule has 1 aliphatic carbocycles. The Morgan fingerprint density at radius 2 is 1.87 bits per heavy atom. The van der Waals surface area contributed by atoms with Crippen LogP contribution in [0.15, 0.2) is 53.1 Å². The molecule has 1 aliphatic heterocycles. The van der Waals surface area contributed by atoms with Crippen molar-refractivity contribution < 1.29 is 9.32 Å². The molecule has 1 unspecified atom stereocenters. The summed E-state index contributed by atoms with van der Waals surface area (Å²) in [4.78, 5) is 15.3. The Labute approximate surface area is 179 Å². The molecule has 2 heterocycles. The minimum atomic E-state index is -0.970. The van der Waals surface area contributed by atoms with Crippen LogP contribution in [0.1, 0.15) is 29.9 Å². The molecule has 6 nitrogen and oxygen atoms in total. The third-order valence-corrected chi connectivity index (χ3v) is 6.20. The van der Waals surface area contributed by atoms with Gasteiger partial charge in [0, 0.05) is 5.02 Å². The molecule has 0 bridgehead atoms. The van der Waals surface area contributed by atoms with Gasteiger partial charge in [-0.1, -0.05) is 47.1 Å². The summed E-state index contributed by atoms with van der Waals surface area (Å²) in [6, 6.07) is 15.6. The van der Waals surface area contributed by atoms with Crippen LogP contribution in [0.4, 0.5) is 5.69 Å². The van der Waals surface area contributed by atoms with Crippen molar-refractivity contribution in [3.05, 3.63) is 70.6 Å². The fourth-order valence-corrected chi connectivity index (χ4v) is 4.61. The van der Waals surface area contributed by atoms with Crippen LogP contribution >= 0.6 is 11.6 Å². The van der Waals surface area contributed by atoms with E-state index in [1.165, 1.54) is 4.90 Å². The van der Waals surface area contributed by atoms with Crippen molar-refractivity contribution in [1.29, 1.82) is 5.41 Å². The van der Waals surface area contributed by atoms with Gasteiger partial charge in [0.15, 0.2) is 5.76 Å². The number of nitrogens with one attached hydrogen (secondary N) is 2. The molecular formula is C23H21ClN4O2. The minimum absolute atomic E-state index is 0.0504. The molecule has 7 heteroatoms. The average molecular weight is 421 g/mol. The largest absolute Gasteiger partial charge is 0.359 e. The monoisotopic (exact) mass is 420 g/mol. The van der Waals surface area contributed by atoms with Crippen LogP contribution in [0.5, 0.6) is 0 Å². The molecule has 1 atom stereocenters. The van der Waals surface area contributed by atoms with Crippen LogP contribution < -0.4 is 10.2 Å². The average Bonchev–Trinajstić information content (AvgIpc) is 3.49. The lowest BCUT2D eigenvalue weighted by molar-refractivity contribution is -0.123. The van der Waals surface area contributed by atoms with Gasteiger partial charge in [0.25, 0.3) is 5.91 Å². The second-order valence-corrected chi connectivity index (χ2v) is 8.40. The van der Waals surface area contributed by atoms with Gasteiger partial charge in [0.05, 0.1) is 0 Å². The number of hydrogen-bond donors (Lipinski definition) is 2. The molecule has 1 amide bonds. The first-order valence-electron chi connectivity index (χ1n) is 9.92. The predicted molar refractivity (Wildman–Crippen MR) is 116 cm³/mol. The quantitative estimate of drug-likeness (QED) is 0.635. The summed E-state index contributed by atoms with van der Waals surface area (Å²) in [5.41, 5.74) is 2.98. The third kappa shape index (κ3) is 2.75. The molecule has 1 saturated carbocycles. The van der Waals surface area contributed by atoms with Gasteiger partial charge < -0.3 is 9.84 Å². The van der Waals surface area contributed by atoms with Gasteiger partial charge in [0.2, 0.25) is 5.96 Å². The highest BCUT2D eigenvalue weighted by molar-refractivity contribution is 6.30. The minimum Gasteiger partial charge on any atom is -0.359 e. The number of nitrogens with zero attached hydrogens (tertiary/aromatic N) is 2. The van der Waals surface area contributed by atoms with E-state index in [2.05, 4.69) is 10.5 Å². The van der Waals surface area contributed by atoms with E-state index in [1.54, 1.807) is 13.8 Å². The third-order valence-electron chi connectivity index (χ3n) is 5.96.